The van der Waals surface area contributed by atoms with E-state index in [4.69, 9.17) is 4.74 Å². The van der Waals surface area contributed by atoms with Gasteiger partial charge in [0.15, 0.2) is 0 Å². The molecule has 0 saturated carbocycles. The zero-order valence-electron chi connectivity index (χ0n) is 19.9. The molecular formula is C28H31FN2O3. The Morgan fingerprint density at radius 2 is 1.79 bits per heavy atom. The highest BCUT2D eigenvalue weighted by molar-refractivity contribution is 5.69. The van der Waals surface area contributed by atoms with E-state index in [0.717, 1.165) is 22.4 Å². The van der Waals surface area contributed by atoms with Gasteiger partial charge in [-0.25, -0.2) is 9.18 Å². The summed E-state index contributed by atoms with van der Waals surface area (Å²) in [6, 6.07) is 18.4. The van der Waals surface area contributed by atoms with Crippen molar-refractivity contribution in [2.75, 3.05) is 13.1 Å². The minimum absolute atomic E-state index is 0.237. The predicted octanol–water partition coefficient (Wildman–Crippen LogP) is 5.64. The molecule has 0 spiro atoms. The van der Waals surface area contributed by atoms with Gasteiger partial charge in [0.2, 0.25) is 0 Å². The molecular weight excluding hydrogens is 431 g/mol. The Morgan fingerprint density at radius 3 is 2.41 bits per heavy atom. The van der Waals surface area contributed by atoms with Crippen LogP contribution in [0.15, 0.2) is 66.9 Å². The number of benzene rings is 2. The number of pyridine rings is 1. The highest BCUT2D eigenvalue weighted by atomic mass is 19.1. The van der Waals surface area contributed by atoms with Crippen LogP contribution in [0.4, 0.5) is 9.18 Å². The van der Waals surface area contributed by atoms with E-state index >= 15 is 0 Å². The normalized spacial score (nSPS) is 18.6. The van der Waals surface area contributed by atoms with Crippen LogP contribution in [0.25, 0.3) is 11.1 Å². The van der Waals surface area contributed by atoms with E-state index in [1.165, 1.54) is 12.1 Å². The molecule has 34 heavy (non-hydrogen) atoms. The van der Waals surface area contributed by atoms with Crippen molar-refractivity contribution >= 4 is 6.09 Å². The maximum absolute atomic E-state index is 13.5. The van der Waals surface area contributed by atoms with E-state index in [2.05, 4.69) is 35.3 Å². The number of amides is 1. The first-order valence-electron chi connectivity index (χ1n) is 11.6. The third-order valence-corrected chi connectivity index (χ3v) is 6.27. The first kappa shape index (κ1) is 23.9. The second-order valence-electron chi connectivity index (χ2n) is 9.73. The van der Waals surface area contributed by atoms with Crippen molar-refractivity contribution in [3.05, 3.63) is 89.5 Å². The van der Waals surface area contributed by atoms with Gasteiger partial charge in [0.25, 0.3) is 0 Å². The Bertz CT molecular complexity index is 1140. The van der Waals surface area contributed by atoms with Crippen LogP contribution in [-0.4, -0.2) is 39.8 Å². The molecule has 0 bridgehead atoms. The maximum atomic E-state index is 13.5. The number of halogens is 1. The summed E-state index contributed by atoms with van der Waals surface area (Å²) >= 11 is 0. The molecule has 0 aliphatic carbocycles. The Balaban J connectivity index is 1.42. The number of hydrogen-bond donors (Lipinski definition) is 1. The number of cyclic esters (lactones) is 1. The van der Waals surface area contributed by atoms with Gasteiger partial charge in [0.05, 0.1) is 5.60 Å². The maximum Gasteiger partial charge on any atom is 0.410 e. The van der Waals surface area contributed by atoms with Gasteiger partial charge < -0.3 is 14.7 Å². The van der Waals surface area contributed by atoms with Gasteiger partial charge in [-0.15, -0.1) is 0 Å². The van der Waals surface area contributed by atoms with E-state index < -0.39 is 17.3 Å². The zero-order chi connectivity index (χ0) is 24.3. The Labute approximate surface area is 200 Å². The molecule has 1 atom stereocenters. The molecule has 0 unspecified atom stereocenters. The number of carbonyl (C=O) groups excluding carboxylic acids is 1. The highest BCUT2D eigenvalue weighted by Gasteiger charge is 2.45. The first-order chi connectivity index (χ1) is 16.1. The number of aryl methyl sites for hydroxylation is 1. The van der Waals surface area contributed by atoms with Gasteiger partial charge in [-0.2, -0.15) is 0 Å². The van der Waals surface area contributed by atoms with Gasteiger partial charge in [-0.3, -0.25) is 4.98 Å². The van der Waals surface area contributed by atoms with Gasteiger partial charge in [0.1, 0.15) is 11.4 Å². The zero-order valence-corrected chi connectivity index (χ0v) is 19.9. The topological polar surface area (TPSA) is 62.7 Å². The predicted molar refractivity (Wildman–Crippen MR) is 130 cm³/mol. The lowest BCUT2D eigenvalue weighted by atomic mass is 9.80. The van der Waals surface area contributed by atoms with E-state index in [-0.39, 0.29) is 12.2 Å². The van der Waals surface area contributed by atoms with Crippen LogP contribution >= 0.6 is 0 Å². The van der Waals surface area contributed by atoms with E-state index in [1.54, 1.807) is 30.9 Å². The molecule has 4 rings (SSSR count). The smallest absolute Gasteiger partial charge is 0.410 e. The minimum atomic E-state index is -1.05. The molecule has 1 aliphatic rings. The molecule has 1 saturated heterocycles. The highest BCUT2D eigenvalue weighted by Crippen LogP contribution is 2.40. The van der Waals surface area contributed by atoms with E-state index in [9.17, 15) is 14.3 Å². The molecule has 178 valence electrons. The molecule has 5 nitrogen and oxygen atoms in total. The number of nitrogens with zero attached hydrogens (tertiary/aromatic N) is 2. The average Bonchev–Trinajstić information content (AvgIpc) is 2.78. The van der Waals surface area contributed by atoms with Crippen molar-refractivity contribution in [2.45, 2.75) is 51.2 Å². The van der Waals surface area contributed by atoms with Crippen LogP contribution in [-0.2, 0) is 16.8 Å². The number of carbonyl (C=O) groups is 1. The molecule has 3 aromatic rings. The standard InChI is InChI=1S/C28H31FN2O3/c1-20-18-23(12-15-30-20)22-6-4-21(5-7-22)13-16-31-17-14-28(34-26(31)32,19-27(2,3)33)24-8-10-25(29)11-9-24/h4-12,15,18,33H,13-14,16-17,19H2,1-3H3/t28-/m0/s1. The van der Waals surface area contributed by atoms with Crippen molar-refractivity contribution in [1.82, 2.24) is 9.88 Å². The molecule has 1 amide bonds. The van der Waals surface area contributed by atoms with Gasteiger partial charge in [-0.1, -0.05) is 36.4 Å². The second-order valence-corrected chi connectivity index (χ2v) is 9.73. The molecule has 1 aromatic heterocycles. The third-order valence-electron chi connectivity index (χ3n) is 6.27. The van der Waals surface area contributed by atoms with Crippen LogP contribution in [0.5, 0.6) is 0 Å². The van der Waals surface area contributed by atoms with Crippen molar-refractivity contribution in [1.29, 1.82) is 0 Å². The summed E-state index contributed by atoms with van der Waals surface area (Å²) in [5, 5.41) is 10.5. The van der Waals surface area contributed by atoms with Crippen molar-refractivity contribution in [3.63, 3.8) is 0 Å². The van der Waals surface area contributed by atoms with Crippen LogP contribution < -0.4 is 0 Å². The van der Waals surface area contributed by atoms with E-state index in [0.29, 0.717) is 31.5 Å². The Hall–Kier alpha value is -3.25. The largest absolute Gasteiger partial charge is 0.438 e. The Morgan fingerprint density at radius 1 is 1.09 bits per heavy atom. The fraction of sp³-hybridized carbons (Fsp3) is 0.357. The summed E-state index contributed by atoms with van der Waals surface area (Å²) in [5.74, 6) is -0.351. The summed E-state index contributed by atoms with van der Waals surface area (Å²) in [6.07, 6.45) is 2.86. The fourth-order valence-corrected chi connectivity index (χ4v) is 4.63. The summed E-state index contributed by atoms with van der Waals surface area (Å²) in [5.41, 5.74) is 3.03. The summed E-state index contributed by atoms with van der Waals surface area (Å²) in [4.78, 5) is 18.9. The molecule has 1 N–H and O–H groups in total. The van der Waals surface area contributed by atoms with Crippen molar-refractivity contribution in [2.24, 2.45) is 0 Å². The van der Waals surface area contributed by atoms with Crippen molar-refractivity contribution in [3.8, 4) is 11.1 Å². The number of aliphatic hydroxyl groups is 1. The van der Waals surface area contributed by atoms with E-state index in [1.807, 2.05) is 19.2 Å². The van der Waals surface area contributed by atoms with Crippen LogP contribution in [0.3, 0.4) is 0 Å². The van der Waals surface area contributed by atoms with Gasteiger partial charge >= 0.3 is 6.09 Å². The number of rotatable bonds is 7. The number of aromatic nitrogens is 1. The minimum Gasteiger partial charge on any atom is -0.438 e. The quantitative estimate of drug-likeness (QED) is 0.494. The summed E-state index contributed by atoms with van der Waals surface area (Å²) in [6.45, 7) is 6.39. The molecule has 1 aliphatic heterocycles. The second kappa shape index (κ2) is 9.55. The fourth-order valence-electron chi connectivity index (χ4n) is 4.63. The van der Waals surface area contributed by atoms with Gasteiger partial charge in [0, 0.05) is 37.8 Å². The number of hydrogen-bond acceptors (Lipinski definition) is 4. The summed E-state index contributed by atoms with van der Waals surface area (Å²) in [7, 11) is 0. The number of ether oxygens (including phenoxy) is 1. The lowest BCUT2D eigenvalue weighted by Gasteiger charge is -2.44. The SMILES string of the molecule is Cc1cc(-c2ccc(CCN3CC[C@](CC(C)(C)O)(c4ccc(F)cc4)OC3=O)cc2)ccn1. The molecule has 1 fully saturated rings. The van der Waals surface area contributed by atoms with Gasteiger partial charge in [-0.05, 0) is 73.7 Å². The Kier molecular flexibility index (Phi) is 6.71. The average molecular weight is 463 g/mol. The van der Waals surface area contributed by atoms with Crippen LogP contribution in [0, 0.1) is 12.7 Å². The lowest BCUT2D eigenvalue weighted by molar-refractivity contribution is -0.0960. The lowest BCUT2D eigenvalue weighted by Crippen LogP contribution is -2.51. The molecule has 2 heterocycles. The van der Waals surface area contributed by atoms with Crippen LogP contribution in [0.2, 0.25) is 0 Å². The molecule has 0 radical (unpaired) electrons. The summed E-state index contributed by atoms with van der Waals surface area (Å²) < 4.78 is 19.5. The first-order valence-corrected chi connectivity index (χ1v) is 11.6. The van der Waals surface area contributed by atoms with Crippen molar-refractivity contribution < 1.29 is 19.0 Å². The third kappa shape index (κ3) is 5.62. The molecule has 2 aromatic carbocycles. The van der Waals surface area contributed by atoms with Crippen LogP contribution in [0.1, 0.15) is 43.5 Å². The molecule has 6 heteroatoms. The monoisotopic (exact) mass is 462 g/mol.